The second-order valence-electron chi connectivity index (χ2n) is 6.11. The van der Waals surface area contributed by atoms with Gasteiger partial charge in [0.15, 0.2) is 0 Å². The normalized spacial score (nSPS) is 28.5. The van der Waals surface area contributed by atoms with Crippen molar-refractivity contribution < 1.29 is 27.0 Å². The summed E-state index contributed by atoms with van der Waals surface area (Å²) in [6, 6.07) is 5.09. The van der Waals surface area contributed by atoms with Gasteiger partial charge in [-0.1, -0.05) is 6.07 Å². The summed E-state index contributed by atoms with van der Waals surface area (Å²) < 4.78 is 57.7. The Morgan fingerprint density at radius 2 is 2.25 bits per heavy atom. The maximum atomic E-state index is 13.5. The van der Waals surface area contributed by atoms with E-state index in [4.69, 9.17) is 14.2 Å². The van der Waals surface area contributed by atoms with E-state index in [9.17, 15) is 12.8 Å². The fourth-order valence-electron chi connectivity index (χ4n) is 3.29. The van der Waals surface area contributed by atoms with Crippen LogP contribution in [0.25, 0.3) is 0 Å². The molecule has 0 bridgehead atoms. The second kappa shape index (κ2) is 7.05. The van der Waals surface area contributed by atoms with Crippen molar-refractivity contribution in [2.45, 2.75) is 29.9 Å². The molecule has 134 valence electrons. The molecule has 0 N–H and O–H groups in total. The molecule has 24 heavy (non-hydrogen) atoms. The summed E-state index contributed by atoms with van der Waals surface area (Å²) in [5.41, 5.74) is -0.759. The second-order valence-corrected chi connectivity index (χ2v) is 7.97. The van der Waals surface area contributed by atoms with Crippen LogP contribution in [0.1, 0.15) is 13.3 Å². The zero-order valence-corrected chi connectivity index (χ0v) is 14.4. The molecule has 2 heterocycles. The van der Waals surface area contributed by atoms with Crippen molar-refractivity contribution in [3.8, 4) is 0 Å². The minimum Gasteiger partial charge on any atom is -0.379 e. The Morgan fingerprint density at radius 1 is 1.42 bits per heavy atom. The summed E-state index contributed by atoms with van der Waals surface area (Å²) in [6.07, 6.45) is 0.332. The topological polar surface area (TPSA) is 65.1 Å². The van der Waals surface area contributed by atoms with Gasteiger partial charge in [0.05, 0.1) is 43.0 Å². The highest BCUT2D eigenvalue weighted by Gasteiger charge is 2.51. The van der Waals surface area contributed by atoms with Crippen LogP contribution in [0.15, 0.2) is 29.2 Å². The molecule has 2 fully saturated rings. The summed E-state index contributed by atoms with van der Waals surface area (Å²) in [5, 5.41) is 0. The summed E-state index contributed by atoms with van der Waals surface area (Å²) in [4.78, 5) is -0.0444. The molecule has 0 aliphatic carbocycles. The van der Waals surface area contributed by atoms with Gasteiger partial charge in [0.2, 0.25) is 10.0 Å². The largest absolute Gasteiger partial charge is 0.379 e. The highest BCUT2D eigenvalue weighted by atomic mass is 32.2. The molecule has 1 aromatic carbocycles. The summed E-state index contributed by atoms with van der Waals surface area (Å²) in [6.45, 7) is 3.95. The lowest BCUT2D eigenvalue weighted by atomic mass is 9.96. The van der Waals surface area contributed by atoms with Crippen molar-refractivity contribution in [2.24, 2.45) is 0 Å². The molecule has 2 atom stereocenters. The number of hydrogen-bond acceptors (Lipinski definition) is 5. The van der Waals surface area contributed by atoms with Crippen molar-refractivity contribution in [3.05, 3.63) is 30.1 Å². The lowest BCUT2D eigenvalue weighted by molar-refractivity contribution is -0.0315. The van der Waals surface area contributed by atoms with Crippen LogP contribution in [0.4, 0.5) is 4.39 Å². The minimum absolute atomic E-state index is 0.0444. The molecule has 8 heteroatoms. The van der Waals surface area contributed by atoms with Gasteiger partial charge < -0.3 is 14.2 Å². The number of sulfonamides is 1. The van der Waals surface area contributed by atoms with Gasteiger partial charge in [-0.15, -0.1) is 0 Å². The lowest BCUT2D eigenvalue weighted by Gasteiger charge is -2.42. The Morgan fingerprint density at radius 3 is 3.00 bits per heavy atom. The quantitative estimate of drug-likeness (QED) is 0.795. The Hall–Kier alpha value is -1.06. The Balaban J connectivity index is 1.87. The molecular weight excluding hydrogens is 337 g/mol. The van der Waals surface area contributed by atoms with Gasteiger partial charge in [0.1, 0.15) is 5.82 Å². The fourth-order valence-corrected chi connectivity index (χ4v) is 5.07. The van der Waals surface area contributed by atoms with Crippen molar-refractivity contribution in [1.82, 2.24) is 4.31 Å². The van der Waals surface area contributed by atoms with Crippen LogP contribution in [-0.4, -0.2) is 63.9 Å². The van der Waals surface area contributed by atoms with Crippen molar-refractivity contribution in [2.75, 3.05) is 39.6 Å². The van der Waals surface area contributed by atoms with E-state index in [0.717, 1.165) is 6.07 Å². The third kappa shape index (κ3) is 3.34. The van der Waals surface area contributed by atoms with E-state index in [1.54, 1.807) is 0 Å². The number of benzene rings is 1. The molecule has 0 radical (unpaired) electrons. The van der Waals surface area contributed by atoms with Crippen LogP contribution in [0.3, 0.4) is 0 Å². The first-order chi connectivity index (χ1) is 11.5. The minimum atomic E-state index is -3.83. The Kier molecular flexibility index (Phi) is 5.22. The molecule has 3 rings (SSSR count). The van der Waals surface area contributed by atoms with Gasteiger partial charge in [-0.05, 0) is 31.5 Å². The molecular formula is C16H22FNO5S. The number of hydrogen-bond donors (Lipinski definition) is 0. The molecule has 0 amide bonds. The zero-order valence-electron chi connectivity index (χ0n) is 13.6. The van der Waals surface area contributed by atoms with Gasteiger partial charge in [-0.3, -0.25) is 0 Å². The van der Waals surface area contributed by atoms with E-state index in [1.807, 2.05) is 6.92 Å². The van der Waals surface area contributed by atoms with E-state index in [2.05, 4.69) is 0 Å². The van der Waals surface area contributed by atoms with Crippen LogP contribution < -0.4 is 0 Å². The standard InChI is InChI=1S/C16H22FNO5S/c1-2-21-10-14-9-16(12-23-14)11-22-7-6-18(16)24(19,20)15-5-3-4-13(17)8-15/h3-5,8,14H,2,6-7,9-12H2,1H3/t14-,16+/m0/s1. The predicted octanol–water partition coefficient (Wildman–Crippen LogP) is 1.41. The van der Waals surface area contributed by atoms with E-state index >= 15 is 0 Å². The fraction of sp³-hybridized carbons (Fsp3) is 0.625. The highest BCUT2D eigenvalue weighted by molar-refractivity contribution is 7.89. The first-order valence-corrected chi connectivity index (χ1v) is 9.47. The van der Waals surface area contributed by atoms with E-state index < -0.39 is 21.4 Å². The maximum Gasteiger partial charge on any atom is 0.243 e. The van der Waals surface area contributed by atoms with E-state index in [-0.39, 0.29) is 30.8 Å². The Labute approximate surface area is 141 Å². The molecule has 2 aliphatic rings. The summed E-state index contributed by atoms with van der Waals surface area (Å²) in [7, 11) is -3.83. The highest BCUT2D eigenvalue weighted by Crippen LogP contribution is 2.37. The molecule has 1 spiro atoms. The number of ether oxygens (including phenoxy) is 3. The molecule has 6 nitrogen and oxygen atoms in total. The SMILES string of the molecule is CCOC[C@@H]1C[C@@]2(COCCN2S(=O)(=O)c2cccc(F)c2)CO1. The smallest absolute Gasteiger partial charge is 0.243 e. The van der Waals surface area contributed by atoms with E-state index in [1.165, 1.54) is 22.5 Å². The van der Waals surface area contributed by atoms with Crippen LogP contribution in [0.2, 0.25) is 0 Å². The molecule has 2 aliphatic heterocycles. The number of nitrogens with zero attached hydrogens (tertiary/aromatic N) is 1. The van der Waals surface area contributed by atoms with Gasteiger partial charge in [-0.2, -0.15) is 4.31 Å². The first kappa shape index (κ1) is 17.8. The number of halogens is 1. The summed E-state index contributed by atoms with van der Waals surface area (Å²) >= 11 is 0. The zero-order chi connectivity index (χ0) is 17.2. The van der Waals surface area contributed by atoms with Crippen molar-refractivity contribution in [3.63, 3.8) is 0 Å². The average molecular weight is 359 g/mol. The summed E-state index contributed by atoms with van der Waals surface area (Å²) in [5.74, 6) is -0.574. The van der Waals surface area contributed by atoms with Gasteiger partial charge in [0, 0.05) is 13.2 Å². The van der Waals surface area contributed by atoms with Crippen LogP contribution in [-0.2, 0) is 24.2 Å². The molecule has 0 unspecified atom stereocenters. The molecule has 1 aromatic rings. The van der Waals surface area contributed by atoms with Crippen LogP contribution >= 0.6 is 0 Å². The lowest BCUT2D eigenvalue weighted by Crippen LogP contribution is -2.59. The third-order valence-electron chi connectivity index (χ3n) is 4.43. The van der Waals surface area contributed by atoms with Gasteiger partial charge in [-0.25, -0.2) is 12.8 Å². The first-order valence-electron chi connectivity index (χ1n) is 8.03. The van der Waals surface area contributed by atoms with Crippen LogP contribution in [0.5, 0.6) is 0 Å². The average Bonchev–Trinajstić information content (AvgIpc) is 2.96. The number of morpholine rings is 1. The van der Waals surface area contributed by atoms with Crippen molar-refractivity contribution in [1.29, 1.82) is 0 Å². The van der Waals surface area contributed by atoms with Crippen molar-refractivity contribution >= 4 is 10.0 Å². The third-order valence-corrected chi connectivity index (χ3v) is 6.43. The Bertz CT molecular complexity index is 683. The van der Waals surface area contributed by atoms with Gasteiger partial charge >= 0.3 is 0 Å². The maximum absolute atomic E-state index is 13.5. The molecule has 0 aromatic heterocycles. The van der Waals surface area contributed by atoms with Crippen LogP contribution in [0, 0.1) is 5.82 Å². The monoisotopic (exact) mass is 359 g/mol. The molecule has 2 saturated heterocycles. The van der Waals surface area contributed by atoms with Gasteiger partial charge in [0.25, 0.3) is 0 Å². The predicted molar refractivity (Wildman–Crippen MR) is 84.7 cm³/mol. The van der Waals surface area contributed by atoms with E-state index in [0.29, 0.717) is 26.2 Å². The molecule has 0 saturated carbocycles. The number of rotatable bonds is 5.